The molecule has 0 aliphatic carbocycles. The molecule has 0 atom stereocenters. The molecule has 0 N–H and O–H groups in total. The molecule has 4 heterocycles. The summed E-state index contributed by atoms with van der Waals surface area (Å²) in [7, 11) is 0. The SMILES string of the molecule is N#Cc1cnn2cc(-c3cnn(C4COC4)c3)ccc12. The molecule has 1 aliphatic rings. The van der Waals surface area contributed by atoms with Crippen LogP contribution in [0.4, 0.5) is 0 Å². The van der Waals surface area contributed by atoms with E-state index in [0.29, 0.717) is 11.6 Å². The third-order valence-corrected chi connectivity index (χ3v) is 3.57. The minimum atomic E-state index is 0.349. The van der Waals surface area contributed by atoms with Gasteiger partial charge in [-0.15, -0.1) is 0 Å². The van der Waals surface area contributed by atoms with Gasteiger partial charge in [0.05, 0.1) is 42.7 Å². The van der Waals surface area contributed by atoms with Gasteiger partial charge in [-0.2, -0.15) is 15.5 Å². The summed E-state index contributed by atoms with van der Waals surface area (Å²) >= 11 is 0. The van der Waals surface area contributed by atoms with Gasteiger partial charge in [-0.3, -0.25) is 4.68 Å². The molecule has 1 fully saturated rings. The molecule has 0 bridgehead atoms. The van der Waals surface area contributed by atoms with Gasteiger partial charge in [0.25, 0.3) is 0 Å². The topological polar surface area (TPSA) is 68.1 Å². The first-order chi connectivity index (χ1) is 9.85. The second-order valence-corrected chi connectivity index (χ2v) is 4.82. The average Bonchev–Trinajstić information content (AvgIpc) is 3.02. The molecule has 1 saturated heterocycles. The lowest BCUT2D eigenvalue weighted by atomic mass is 10.1. The second kappa shape index (κ2) is 4.18. The van der Waals surface area contributed by atoms with E-state index in [1.54, 1.807) is 10.7 Å². The molecule has 0 radical (unpaired) electrons. The van der Waals surface area contributed by atoms with Crippen LogP contribution in [0.15, 0.2) is 36.9 Å². The third kappa shape index (κ3) is 1.61. The molecule has 98 valence electrons. The highest BCUT2D eigenvalue weighted by Gasteiger charge is 2.21. The summed E-state index contributed by atoms with van der Waals surface area (Å²) < 4.78 is 8.83. The fourth-order valence-corrected chi connectivity index (χ4v) is 2.30. The summed E-state index contributed by atoms with van der Waals surface area (Å²) in [5.74, 6) is 0. The quantitative estimate of drug-likeness (QED) is 0.706. The van der Waals surface area contributed by atoms with Crippen LogP contribution in [-0.4, -0.2) is 32.6 Å². The maximum atomic E-state index is 8.98. The molecule has 3 aromatic rings. The molecule has 1 aliphatic heterocycles. The monoisotopic (exact) mass is 265 g/mol. The van der Waals surface area contributed by atoms with Crippen LogP contribution in [-0.2, 0) is 4.74 Å². The lowest BCUT2D eigenvalue weighted by Crippen LogP contribution is -2.30. The van der Waals surface area contributed by atoms with E-state index in [9.17, 15) is 0 Å². The number of pyridine rings is 1. The Balaban J connectivity index is 1.74. The van der Waals surface area contributed by atoms with Gasteiger partial charge >= 0.3 is 0 Å². The Bertz CT molecular complexity index is 822. The van der Waals surface area contributed by atoms with Crippen LogP contribution in [0.3, 0.4) is 0 Å². The summed E-state index contributed by atoms with van der Waals surface area (Å²) in [5, 5.41) is 17.5. The van der Waals surface area contributed by atoms with E-state index in [4.69, 9.17) is 10.00 Å². The largest absolute Gasteiger partial charge is 0.377 e. The molecule has 0 spiro atoms. The lowest BCUT2D eigenvalue weighted by molar-refractivity contribution is -0.0286. The van der Waals surface area contributed by atoms with E-state index in [0.717, 1.165) is 29.9 Å². The first-order valence-electron chi connectivity index (χ1n) is 6.35. The molecule has 0 saturated carbocycles. The maximum Gasteiger partial charge on any atom is 0.103 e. The Morgan fingerprint density at radius 2 is 2.05 bits per heavy atom. The summed E-state index contributed by atoms with van der Waals surface area (Å²) in [4.78, 5) is 0. The summed E-state index contributed by atoms with van der Waals surface area (Å²) in [6.07, 6.45) is 7.35. The number of hydrogen-bond acceptors (Lipinski definition) is 4. The van der Waals surface area contributed by atoms with Crippen LogP contribution in [0.2, 0.25) is 0 Å². The number of fused-ring (bicyclic) bond motifs is 1. The van der Waals surface area contributed by atoms with Gasteiger partial charge in [-0.25, -0.2) is 4.52 Å². The van der Waals surface area contributed by atoms with E-state index in [1.165, 1.54) is 0 Å². The Labute approximate surface area is 114 Å². The Kier molecular flexibility index (Phi) is 2.34. The second-order valence-electron chi connectivity index (χ2n) is 4.82. The first kappa shape index (κ1) is 11.2. The zero-order valence-corrected chi connectivity index (χ0v) is 10.6. The van der Waals surface area contributed by atoms with Crippen molar-refractivity contribution in [2.45, 2.75) is 6.04 Å². The zero-order chi connectivity index (χ0) is 13.5. The predicted octanol–water partition coefficient (Wildman–Crippen LogP) is 1.64. The van der Waals surface area contributed by atoms with Crippen molar-refractivity contribution >= 4 is 5.52 Å². The van der Waals surface area contributed by atoms with E-state index < -0.39 is 0 Å². The summed E-state index contributed by atoms with van der Waals surface area (Å²) in [5.41, 5.74) is 3.46. The fourth-order valence-electron chi connectivity index (χ4n) is 2.30. The van der Waals surface area contributed by atoms with Crippen molar-refractivity contribution in [3.8, 4) is 17.2 Å². The fraction of sp³-hybridized carbons (Fsp3) is 0.214. The first-order valence-corrected chi connectivity index (χ1v) is 6.35. The van der Waals surface area contributed by atoms with Gasteiger partial charge in [-0.05, 0) is 6.07 Å². The van der Waals surface area contributed by atoms with Crippen molar-refractivity contribution in [2.24, 2.45) is 0 Å². The molecule has 20 heavy (non-hydrogen) atoms. The molecule has 6 heteroatoms. The molecule has 6 nitrogen and oxygen atoms in total. The van der Waals surface area contributed by atoms with Crippen molar-refractivity contribution in [2.75, 3.05) is 13.2 Å². The van der Waals surface area contributed by atoms with E-state index in [1.807, 2.05) is 35.4 Å². The number of aromatic nitrogens is 4. The smallest absolute Gasteiger partial charge is 0.103 e. The van der Waals surface area contributed by atoms with Crippen molar-refractivity contribution in [1.82, 2.24) is 19.4 Å². The van der Waals surface area contributed by atoms with Crippen molar-refractivity contribution in [3.05, 3.63) is 42.5 Å². The Hall–Kier alpha value is -2.65. The Morgan fingerprint density at radius 1 is 1.15 bits per heavy atom. The standard InChI is InChI=1S/C14H11N5O/c15-3-11-4-17-19-6-10(1-2-14(11)19)12-5-16-18(7-12)13-8-20-9-13/h1-2,4-7,13H,8-9H2. The van der Waals surface area contributed by atoms with E-state index in [-0.39, 0.29) is 0 Å². The van der Waals surface area contributed by atoms with Gasteiger partial charge in [0.2, 0.25) is 0 Å². The van der Waals surface area contributed by atoms with Crippen molar-refractivity contribution in [1.29, 1.82) is 5.26 Å². The molecule has 3 aromatic heterocycles. The Morgan fingerprint density at radius 3 is 2.80 bits per heavy atom. The van der Waals surface area contributed by atoms with Crippen molar-refractivity contribution in [3.63, 3.8) is 0 Å². The minimum absolute atomic E-state index is 0.349. The minimum Gasteiger partial charge on any atom is -0.377 e. The highest BCUT2D eigenvalue weighted by atomic mass is 16.5. The maximum absolute atomic E-state index is 8.98. The summed E-state index contributed by atoms with van der Waals surface area (Å²) in [6.45, 7) is 1.45. The number of hydrogen-bond donors (Lipinski definition) is 0. The zero-order valence-electron chi connectivity index (χ0n) is 10.6. The highest BCUT2D eigenvalue weighted by Crippen LogP contribution is 2.23. The van der Waals surface area contributed by atoms with Gasteiger partial charge in [0, 0.05) is 23.5 Å². The normalized spacial score (nSPS) is 15.2. The van der Waals surface area contributed by atoms with Crippen LogP contribution in [0.25, 0.3) is 16.6 Å². The van der Waals surface area contributed by atoms with Gasteiger partial charge < -0.3 is 4.74 Å². The highest BCUT2D eigenvalue weighted by molar-refractivity contribution is 5.67. The molecular formula is C14H11N5O. The molecule has 4 rings (SSSR count). The summed E-state index contributed by atoms with van der Waals surface area (Å²) in [6, 6.07) is 6.37. The number of ether oxygens (including phenoxy) is 1. The van der Waals surface area contributed by atoms with Crippen LogP contribution < -0.4 is 0 Å². The number of nitriles is 1. The van der Waals surface area contributed by atoms with Crippen LogP contribution >= 0.6 is 0 Å². The molecule has 0 unspecified atom stereocenters. The van der Waals surface area contributed by atoms with Gasteiger partial charge in [-0.1, -0.05) is 6.07 Å². The van der Waals surface area contributed by atoms with Crippen molar-refractivity contribution < 1.29 is 4.74 Å². The van der Waals surface area contributed by atoms with E-state index >= 15 is 0 Å². The predicted molar refractivity (Wildman–Crippen MR) is 71.0 cm³/mol. The number of nitrogens with zero attached hydrogens (tertiary/aromatic N) is 5. The average molecular weight is 265 g/mol. The van der Waals surface area contributed by atoms with Gasteiger partial charge in [0.1, 0.15) is 6.07 Å². The van der Waals surface area contributed by atoms with Crippen LogP contribution in [0.1, 0.15) is 11.6 Å². The van der Waals surface area contributed by atoms with Gasteiger partial charge in [0.15, 0.2) is 0 Å². The van der Waals surface area contributed by atoms with E-state index in [2.05, 4.69) is 16.3 Å². The molecule has 0 aromatic carbocycles. The third-order valence-electron chi connectivity index (χ3n) is 3.57. The molecular weight excluding hydrogens is 254 g/mol. The number of rotatable bonds is 2. The lowest BCUT2D eigenvalue weighted by Gasteiger charge is -2.25. The molecule has 0 amide bonds. The van der Waals surface area contributed by atoms with Crippen LogP contribution in [0, 0.1) is 11.3 Å². The van der Waals surface area contributed by atoms with Crippen LogP contribution in [0.5, 0.6) is 0 Å².